The summed E-state index contributed by atoms with van der Waals surface area (Å²) in [6.45, 7) is 0.780. The standard InChI is InChI=1S/C13H16BrNO/c14-7-4-8-15-13(16)12-9-11(12)10-5-2-1-3-6-10/h1-3,5-6,11-12H,4,7-9H2,(H,15,16). The number of alkyl halides is 1. The predicted octanol–water partition coefficient (Wildman–Crippen LogP) is 2.69. The van der Waals surface area contributed by atoms with Crippen molar-refractivity contribution < 1.29 is 4.79 Å². The lowest BCUT2D eigenvalue weighted by Crippen LogP contribution is -2.26. The molecule has 16 heavy (non-hydrogen) atoms. The maximum atomic E-state index is 11.7. The van der Waals surface area contributed by atoms with E-state index in [0.717, 1.165) is 24.7 Å². The third kappa shape index (κ3) is 2.85. The molecule has 1 aromatic carbocycles. The van der Waals surface area contributed by atoms with Crippen LogP contribution < -0.4 is 5.32 Å². The lowest BCUT2D eigenvalue weighted by atomic mass is 10.1. The zero-order chi connectivity index (χ0) is 11.4. The van der Waals surface area contributed by atoms with E-state index < -0.39 is 0 Å². The van der Waals surface area contributed by atoms with Gasteiger partial charge in [0.15, 0.2) is 0 Å². The molecule has 0 aliphatic heterocycles. The molecule has 1 fully saturated rings. The molecule has 86 valence electrons. The monoisotopic (exact) mass is 281 g/mol. The van der Waals surface area contributed by atoms with E-state index in [4.69, 9.17) is 0 Å². The highest BCUT2D eigenvalue weighted by Crippen LogP contribution is 2.47. The fraction of sp³-hybridized carbons (Fsp3) is 0.462. The van der Waals surface area contributed by atoms with Crippen molar-refractivity contribution in [3.05, 3.63) is 35.9 Å². The smallest absolute Gasteiger partial charge is 0.223 e. The highest BCUT2D eigenvalue weighted by atomic mass is 79.9. The topological polar surface area (TPSA) is 29.1 Å². The van der Waals surface area contributed by atoms with Crippen LogP contribution >= 0.6 is 15.9 Å². The summed E-state index contributed by atoms with van der Waals surface area (Å²) in [5, 5.41) is 3.92. The van der Waals surface area contributed by atoms with Gasteiger partial charge in [-0.3, -0.25) is 4.79 Å². The first kappa shape index (κ1) is 11.6. The summed E-state index contributed by atoms with van der Waals surface area (Å²) in [5.74, 6) is 0.873. The minimum absolute atomic E-state index is 0.206. The Bertz CT molecular complexity index is 352. The van der Waals surface area contributed by atoms with Gasteiger partial charge in [0.25, 0.3) is 0 Å². The van der Waals surface area contributed by atoms with Gasteiger partial charge in [-0.15, -0.1) is 0 Å². The van der Waals surface area contributed by atoms with Gasteiger partial charge in [0.1, 0.15) is 0 Å². The predicted molar refractivity (Wildman–Crippen MR) is 68.7 cm³/mol. The molecular weight excluding hydrogens is 266 g/mol. The number of carbonyl (C=O) groups excluding carboxylic acids is 1. The lowest BCUT2D eigenvalue weighted by molar-refractivity contribution is -0.122. The van der Waals surface area contributed by atoms with Gasteiger partial charge in [-0.25, -0.2) is 0 Å². The fourth-order valence-electron chi connectivity index (χ4n) is 1.96. The van der Waals surface area contributed by atoms with Crippen molar-refractivity contribution in [1.29, 1.82) is 0 Å². The average Bonchev–Trinajstić information content (AvgIpc) is 3.10. The van der Waals surface area contributed by atoms with E-state index in [9.17, 15) is 4.79 Å². The van der Waals surface area contributed by atoms with Gasteiger partial charge in [-0.2, -0.15) is 0 Å². The molecule has 2 rings (SSSR count). The summed E-state index contributed by atoms with van der Waals surface area (Å²) < 4.78 is 0. The molecule has 1 aliphatic rings. The van der Waals surface area contributed by atoms with Crippen LogP contribution in [-0.2, 0) is 4.79 Å². The molecule has 0 aromatic heterocycles. The molecule has 0 radical (unpaired) electrons. The zero-order valence-electron chi connectivity index (χ0n) is 9.16. The number of hydrogen-bond acceptors (Lipinski definition) is 1. The molecule has 2 unspecified atom stereocenters. The first-order valence-electron chi connectivity index (χ1n) is 5.71. The molecule has 2 nitrogen and oxygen atoms in total. The Morgan fingerprint density at radius 1 is 1.38 bits per heavy atom. The van der Waals surface area contributed by atoms with Crippen LogP contribution in [0.25, 0.3) is 0 Å². The molecule has 1 N–H and O–H groups in total. The Kier molecular flexibility index (Phi) is 3.99. The van der Waals surface area contributed by atoms with Crippen LogP contribution in [0.2, 0.25) is 0 Å². The summed E-state index contributed by atoms with van der Waals surface area (Å²) in [4.78, 5) is 11.7. The van der Waals surface area contributed by atoms with Crippen molar-refractivity contribution in [3.8, 4) is 0 Å². The summed E-state index contributed by atoms with van der Waals surface area (Å²) in [7, 11) is 0. The van der Waals surface area contributed by atoms with Crippen molar-refractivity contribution in [3.63, 3.8) is 0 Å². The van der Waals surface area contributed by atoms with Crippen molar-refractivity contribution >= 4 is 21.8 Å². The fourth-order valence-corrected chi connectivity index (χ4v) is 2.24. The third-order valence-electron chi connectivity index (χ3n) is 2.96. The van der Waals surface area contributed by atoms with Gasteiger partial charge in [0.2, 0.25) is 5.91 Å². The van der Waals surface area contributed by atoms with E-state index in [-0.39, 0.29) is 11.8 Å². The summed E-state index contributed by atoms with van der Waals surface area (Å²) in [6, 6.07) is 10.3. The highest BCUT2D eigenvalue weighted by molar-refractivity contribution is 9.09. The average molecular weight is 282 g/mol. The summed E-state index contributed by atoms with van der Waals surface area (Å²) in [5.41, 5.74) is 1.29. The molecule has 0 bridgehead atoms. The molecule has 0 heterocycles. The van der Waals surface area contributed by atoms with Crippen LogP contribution in [0, 0.1) is 5.92 Å². The van der Waals surface area contributed by atoms with E-state index in [1.54, 1.807) is 0 Å². The molecule has 1 saturated carbocycles. The van der Waals surface area contributed by atoms with Crippen molar-refractivity contribution in [1.82, 2.24) is 5.32 Å². The molecular formula is C13H16BrNO. The van der Waals surface area contributed by atoms with Crippen LogP contribution in [0.1, 0.15) is 24.3 Å². The van der Waals surface area contributed by atoms with Crippen LogP contribution in [0.4, 0.5) is 0 Å². The normalized spacial score (nSPS) is 22.8. The van der Waals surface area contributed by atoms with Gasteiger partial charge in [0.05, 0.1) is 0 Å². The number of benzene rings is 1. The van der Waals surface area contributed by atoms with Crippen molar-refractivity contribution in [2.75, 3.05) is 11.9 Å². The minimum Gasteiger partial charge on any atom is -0.356 e. The number of carbonyl (C=O) groups is 1. The van der Waals surface area contributed by atoms with Crippen LogP contribution in [0.15, 0.2) is 30.3 Å². The number of rotatable bonds is 5. The molecule has 3 heteroatoms. The molecule has 0 saturated heterocycles. The Morgan fingerprint density at radius 2 is 2.12 bits per heavy atom. The second-order valence-corrected chi connectivity index (χ2v) is 4.99. The van der Waals surface area contributed by atoms with Gasteiger partial charge in [0, 0.05) is 17.8 Å². The third-order valence-corrected chi connectivity index (χ3v) is 3.53. The van der Waals surface area contributed by atoms with E-state index >= 15 is 0 Å². The number of halogens is 1. The SMILES string of the molecule is O=C(NCCCBr)C1CC1c1ccccc1. The summed E-state index contributed by atoms with van der Waals surface area (Å²) >= 11 is 3.35. The van der Waals surface area contributed by atoms with Gasteiger partial charge in [-0.1, -0.05) is 46.3 Å². The highest BCUT2D eigenvalue weighted by Gasteiger charge is 2.43. The van der Waals surface area contributed by atoms with Gasteiger partial charge < -0.3 is 5.32 Å². The van der Waals surface area contributed by atoms with Crippen LogP contribution in [0.5, 0.6) is 0 Å². The molecule has 1 amide bonds. The second kappa shape index (κ2) is 5.48. The maximum Gasteiger partial charge on any atom is 0.223 e. The number of hydrogen-bond donors (Lipinski definition) is 1. The Labute approximate surface area is 105 Å². The van der Waals surface area contributed by atoms with Crippen LogP contribution in [0.3, 0.4) is 0 Å². The molecule has 1 aliphatic carbocycles. The zero-order valence-corrected chi connectivity index (χ0v) is 10.7. The quantitative estimate of drug-likeness (QED) is 0.653. The molecule has 0 spiro atoms. The van der Waals surface area contributed by atoms with Gasteiger partial charge in [-0.05, 0) is 24.3 Å². The van der Waals surface area contributed by atoms with Gasteiger partial charge >= 0.3 is 0 Å². The van der Waals surface area contributed by atoms with E-state index in [0.29, 0.717) is 5.92 Å². The summed E-state index contributed by atoms with van der Waals surface area (Å²) in [6.07, 6.45) is 2.00. The number of nitrogens with one attached hydrogen (secondary N) is 1. The Balaban J connectivity index is 1.80. The first-order chi connectivity index (χ1) is 7.83. The molecule has 2 atom stereocenters. The second-order valence-electron chi connectivity index (χ2n) is 4.19. The van der Waals surface area contributed by atoms with Crippen LogP contribution in [-0.4, -0.2) is 17.8 Å². The van der Waals surface area contributed by atoms with E-state index in [2.05, 4.69) is 33.4 Å². The maximum absolute atomic E-state index is 11.7. The Hall–Kier alpha value is -0.830. The number of amides is 1. The largest absolute Gasteiger partial charge is 0.356 e. The minimum atomic E-state index is 0.206. The first-order valence-corrected chi connectivity index (χ1v) is 6.83. The molecule has 1 aromatic rings. The van der Waals surface area contributed by atoms with E-state index in [1.807, 2.05) is 18.2 Å². The Morgan fingerprint density at radius 3 is 2.81 bits per heavy atom. The van der Waals surface area contributed by atoms with E-state index in [1.165, 1.54) is 5.56 Å². The lowest BCUT2D eigenvalue weighted by Gasteiger charge is -2.03. The van der Waals surface area contributed by atoms with Crippen molar-refractivity contribution in [2.45, 2.75) is 18.8 Å². The van der Waals surface area contributed by atoms with Crippen molar-refractivity contribution in [2.24, 2.45) is 5.92 Å².